The lowest BCUT2D eigenvalue weighted by atomic mass is 9.95. The maximum Gasteiger partial charge on any atom is 0.243 e. The van der Waals surface area contributed by atoms with Crippen LogP contribution < -0.4 is 5.32 Å². The van der Waals surface area contributed by atoms with Gasteiger partial charge in [-0.3, -0.25) is 10.1 Å². The fourth-order valence-electron chi connectivity index (χ4n) is 4.22. The van der Waals surface area contributed by atoms with Gasteiger partial charge in [-0.25, -0.2) is 8.42 Å². The second kappa shape index (κ2) is 8.13. The van der Waals surface area contributed by atoms with Crippen molar-refractivity contribution in [2.75, 3.05) is 19.6 Å². The molecule has 1 spiro atoms. The number of amides is 1. The predicted molar refractivity (Wildman–Crippen MR) is 110 cm³/mol. The van der Waals surface area contributed by atoms with Gasteiger partial charge in [0.05, 0.1) is 16.6 Å². The zero-order valence-electron chi connectivity index (χ0n) is 17.4. The highest BCUT2D eigenvalue weighted by atomic mass is 32.2. The van der Waals surface area contributed by atoms with Crippen molar-refractivity contribution >= 4 is 15.9 Å². The van der Waals surface area contributed by atoms with E-state index in [0.29, 0.717) is 36.7 Å². The Labute approximate surface area is 169 Å². The molecule has 6 nitrogen and oxygen atoms in total. The summed E-state index contributed by atoms with van der Waals surface area (Å²) in [5.74, 6) is 0.784. The van der Waals surface area contributed by atoms with Crippen molar-refractivity contribution in [2.45, 2.75) is 63.6 Å². The minimum Gasteiger partial charge on any atom is -0.323 e. The Kier molecular flexibility index (Phi) is 6.17. The zero-order chi connectivity index (χ0) is 20.5. The number of carbonyl (C=O) groups is 1. The standard InChI is InChI=1S/C21H33N3O3S/c1-5-17(4)15-24-20(25)19(16(2)3)22-21(24)11-13-23(14-12-21)28(26,27)18-9-7-6-8-10-18/h6-10,16-17,19,22H,5,11-15H2,1-4H3. The minimum atomic E-state index is -3.49. The van der Waals surface area contributed by atoms with Crippen LogP contribution in [0.25, 0.3) is 0 Å². The van der Waals surface area contributed by atoms with Gasteiger partial charge in [-0.1, -0.05) is 52.3 Å². The summed E-state index contributed by atoms with van der Waals surface area (Å²) >= 11 is 0. The van der Waals surface area contributed by atoms with Gasteiger partial charge < -0.3 is 4.90 Å². The van der Waals surface area contributed by atoms with Crippen LogP contribution in [-0.4, -0.2) is 54.9 Å². The molecule has 0 aromatic heterocycles. The predicted octanol–water partition coefficient (Wildman–Crippen LogP) is 2.67. The molecule has 2 saturated heterocycles. The average molecular weight is 408 g/mol. The Morgan fingerprint density at radius 3 is 2.29 bits per heavy atom. The van der Waals surface area contributed by atoms with Crippen LogP contribution in [0.1, 0.15) is 47.0 Å². The van der Waals surface area contributed by atoms with Crippen LogP contribution in [0.5, 0.6) is 0 Å². The molecule has 2 heterocycles. The van der Waals surface area contributed by atoms with Gasteiger partial charge in [0, 0.05) is 19.6 Å². The number of benzene rings is 1. The summed E-state index contributed by atoms with van der Waals surface area (Å²) in [6, 6.07) is 8.40. The van der Waals surface area contributed by atoms with Crippen LogP contribution in [0, 0.1) is 11.8 Å². The summed E-state index contributed by atoms with van der Waals surface area (Å²) < 4.78 is 27.5. The van der Waals surface area contributed by atoms with Crippen LogP contribution in [0.3, 0.4) is 0 Å². The lowest BCUT2D eigenvalue weighted by Crippen LogP contribution is -2.60. The van der Waals surface area contributed by atoms with Gasteiger partial charge >= 0.3 is 0 Å². The van der Waals surface area contributed by atoms with E-state index in [-0.39, 0.29) is 17.9 Å². The van der Waals surface area contributed by atoms with Crippen LogP contribution in [-0.2, 0) is 14.8 Å². The topological polar surface area (TPSA) is 69.7 Å². The number of nitrogens with one attached hydrogen (secondary N) is 1. The van der Waals surface area contributed by atoms with Crippen LogP contribution in [0.2, 0.25) is 0 Å². The molecule has 7 heteroatoms. The molecule has 1 aromatic carbocycles. The van der Waals surface area contributed by atoms with Crippen molar-refractivity contribution in [2.24, 2.45) is 11.8 Å². The van der Waals surface area contributed by atoms with E-state index in [0.717, 1.165) is 13.0 Å². The van der Waals surface area contributed by atoms with Gasteiger partial charge in [-0.2, -0.15) is 4.31 Å². The number of sulfonamides is 1. The quantitative estimate of drug-likeness (QED) is 0.787. The molecule has 0 radical (unpaired) electrons. The zero-order valence-corrected chi connectivity index (χ0v) is 18.2. The molecule has 28 heavy (non-hydrogen) atoms. The first-order valence-corrected chi connectivity index (χ1v) is 11.8. The second-order valence-corrected chi connectivity index (χ2v) is 10.5. The summed E-state index contributed by atoms with van der Waals surface area (Å²) in [6.45, 7) is 9.98. The third-order valence-corrected chi connectivity index (χ3v) is 8.17. The fourth-order valence-corrected chi connectivity index (χ4v) is 5.68. The summed E-state index contributed by atoms with van der Waals surface area (Å²) in [5, 5.41) is 3.60. The van der Waals surface area contributed by atoms with Crippen molar-refractivity contribution in [1.29, 1.82) is 0 Å². The highest BCUT2D eigenvalue weighted by Crippen LogP contribution is 2.36. The number of carbonyl (C=O) groups excluding carboxylic acids is 1. The Morgan fingerprint density at radius 2 is 1.75 bits per heavy atom. The van der Waals surface area contributed by atoms with Gasteiger partial charge in [-0.05, 0) is 36.8 Å². The number of piperidine rings is 1. The normalized spacial score (nSPS) is 24.2. The van der Waals surface area contributed by atoms with E-state index in [9.17, 15) is 13.2 Å². The van der Waals surface area contributed by atoms with Crippen LogP contribution in [0.4, 0.5) is 0 Å². The SMILES string of the molecule is CCC(C)CN1C(=O)C(C(C)C)NC12CCN(S(=O)(=O)c1ccccc1)CC2. The first kappa shape index (κ1) is 21.3. The molecule has 156 valence electrons. The number of rotatable bonds is 6. The van der Waals surface area contributed by atoms with E-state index < -0.39 is 15.7 Å². The molecule has 2 aliphatic heterocycles. The van der Waals surface area contributed by atoms with Crippen LogP contribution in [0.15, 0.2) is 35.2 Å². The highest BCUT2D eigenvalue weighted by molar-refractivity contribution is 7.89. The van der Waals surface area contributed by atoms with Gasteiger partial charge in [0.1, 0.15) is 0 Å². The summed E-state index contributed by atoms with van der Waals surface area (Å²) in [7, 11) is -3.49. The van der Waals surface area contributed by atoms with Crippen molar-refractivity contribution in [3.8, 4) is 0 Å². The molecule has 0 aliphatic carbocycles. The van der Waals surface area contributed by atoms with E-state index in [1.54, 1.807) is 28.6 Å². The lowest BCUT2D eigenvalue weighted by Gasteiger charge is -2.45. The molecule has 2 unspecified atom stereocenters. The van der Waals surface area contributed by atoms with Crippen LogP contribution >= 0.6 is 0 Å². The van der Waals surface area contributed by atoms with E-state index in [4.69, 9.17) is 0 Å². The molecule has 3 rings (SSSR count). The fraction of sp³-hybridized carbons (Fsp3) is 0.667. The molecular weight excluding hydrogens is 374 g/mol. The van der Waals surface area contributed by atoms with E-state index >= 15 is 0 Å². The first-order valence-electron chi connectivity index (χ1n) is 10.4. The molecule has 2 fully saturated rings. The highest BCUT2D eigenvalue weighted by Gasteiger charge is 2.53. The summed E-state index contributed by atoms with van der Waals surface area (Å²) in [5.41, 5.74) is -0.432. The van der Waals surface area contributed by atoms with Crippen molar-refractivity contribution in [1.82, 2.24) is 14.5 Å². The molecule has 1 amide bonds. The Morgan fingerprint density at radius 1 is 1.14 bits per heavy atom. The lowest BCUT2D eigenvalue weighted by molar-refractivity contribution is -0.134. The van der Waals surface area contributed by atoms with Crippen molar-refractivity contribution in [3.63, 3.8) is 0 Å². The molecule has 0 bridgehead atoms. The molecule has 2 atom stereocenters. The van der Waals surface area contributed by atoms with Crippen molar-refractivity contribution in [3.05, 3.63) is 30.3 Å². The minimum absolute atomic E-state index is 0.162. The van der Waals surface area contributed by atoms with Crippen molar-refractivity contribution < 1.29 is 13.2 Å². The van der Waals surface area contributed by atoms with E-state index in [2.05, 4.69) is 33.0 Å². The second-order valence-electron chi connectivity index (χ2n) is 8.58. The number of hydrogen-bond donors (Lipinski definition) is 1. The Balaban J connectivity index is 1.80. The first-order chi connectivity index (χ1) is 13.2. The molecule has 2 aliphatic rings. The monoisotopic (exact) mass is 407 g/mol. The van der Waals surface area contributed by atoms with Gasteiger partial charge in [0.25, 0.3) is 0 Å². The molecule has 0 saturated carbocycles. The largest absolute Gasteiger partial charge is 0.323 e. The van der Waals surface area contributed by atoms with Gasteiger partial charge in [0.2, 0.25) is 15.9 Å². The van der Waals surface area contributed by atoms with Gasteiger partial charge in [-0.15, -0.1) is 0 Å². The molecule has 1 N–H and O–H groups in total. The number of nitrogens with zero attached hydrogens (tertiary/aromatic N) is 2. The maximum absolute atomic E-state index is 13.1. The Bertz CT molecular complexity index is 786. The van der Waals surface area contributed by atoms with E-state index in [1.807, 2.05) is 11.0 Å². The summed E-state index contributed by atoms with van der Waals surface area (Å²) in [4.78, 5) is 15.4. The summed E-state index contributed by atoms with van der Waals surface area (Å²) in [6.07, 6.45) is 2.25. The molecule has 1 aromatic rings. The smallest absolute Gasteiger partial charge is 0.243 e. The third kappa shape index (κ3) is 3.84. The van der Waals surface area contributed by atoms with Gasteiger partial charge in [0.15, 0.2) is 0 Å². The van der Waals surface area contributed by atoms with E-state index in [1.165, 1.54) is 0 Å². The Hall–Kier alpha value is -1.44. The average Bonchev–Trinajstić information content (AvgIpc) is 2.95. The third-order valence-electron chi connectivity index (χ3n) is 6.26. The maximum atomic E-state index is 13.1. The number of hydrogen-bond acceptors (Lipinski definition) is 4. The molecular formula is C21H33N3O3S.